The van der Waals surface area contributed by atoms with Crippen LogP contribution in [0.25, 0.3) is 0 Å². The molecule has 0 amide bonds. The molecule has 9 fully saturated rings. The monoisotopic (exact) mass is 1590 g/mol. The van der Waals surface area contributed by atoms with Gasteiger partial charge in [-0.2, -0.15) is 0 Å². The van der Waals surface area contributed by atoms with Gasteiger partial charge < -0.3 is 0 Å². The average molecular weight is 1600 g/mol. The molecular weight excluding hydrogens is 1410 g/mol. The molecule has 0 radical (unpaired) electrons. The molecule has 0 nitrogen and oxygen atoms in total. The number of hydrogen-bond donors (Lipinski definition) is 0. The third-order valence-corrected chi connectivity index (χ3v) is 746. The van der Waals surface area contributed by atoms with Crippen molar-refractivity contribution in [2.45, 2.75) is 397 Å². The van der Waals surface area contributed by atoms with Crippen LogP contribution in [0.2, 0.25) is 148 Å². The van der Waals surface area contributed by atoms with E-state index < -0.39 is 116 Å². The van der Waals surface area contributed by atoms with Gasteiger partial charge in [0.05, 0.1) is 0 Å². The van der Waals surface area contributed by atoms with Crippen molar-refractivity contribution in [3.8, 4) is 0 Å². The summed E-state index contributed by atoms with van der Waals surface area (Å²) in [6.45, 7) is 129. The van der Waals surface area contributed by atoms with E-state index in [4.69, 9.17) is 0 Å². The summed E-state index contributed by atoms with van der Waals surface area (Å²) in [5.74, 6) is 16.6. The van der Waals surface area contributed by atoms with E-state index in [0.717, 1.165) is 107 Å². The fourth-order valence-corrected chi connectivity index (χ4v) is 1840. The van der Waals surface area contributed by atoms with E-state index in [1.54, 1.807) is 0 Å². The van der Waals surface area contributed by atoms with E-state index in [9.17, 15) is 0 Å². The topological polar surface area (TPSA) is 0 Å². The highest BCUT2D eigenvalue weighted by Crippen LogP contribution is 2.98. The smallest absolute Gasteiger partial charge is 0.0306 e. The van der Waals surface area contributed by atoms with E-state index in [1.165, 1.54) is 0 Å². The summed E-state index contributed by atoms with van der Waals surface area (Å²) in [5.41, 5.74) is 0. The van der Waals surface area contributed by atoms with Gasteiger partial charge in [-0.3, -0.25) is 0 Å². The Hall–Kier alpha value is 3.69. The van der Waals surface area contributed by atoms with Gasteiger partial charge in [0.1, 0.15) is 0 Å². The van der Waals surface area contributed by atoms with Crippen LogP contribution in [0.15, 0.2) is 0 Å². The van der Waals surface area contributed by atoms with Crippen LogP contribution in [0.5, 0.6) is 0 Å². The highest BCUT2D eigenvalue weighted by atomic mass is 31.1. The molecule has 0 N–H and O–H groups in total. The zero-order valence-corrected chi connectivity index (χ0v) is 90.6. The first-order valence-corrected chi connectivity index (χ1v) is 106. The van der Waals surface area contributed by atoms with Crippen LogP contribution in [0.3, 0.4) is 0 Å². The van der Waals surface area contributed by atoms with Crippen molar-refractivity contribution in [1.82, 2.24) is 0 Å². The maximum Gasteiger partial charge on any atom is 0.0306 e. The van der Waals surface area contributed by atoms with Crippen molar-refractivity contribution in [1.29, 1.82) is 0 Å². The molecule has 95 heavy (non-hydrogen) atoms. The fraction of sp³-hybridized carbons (Fsp3) is 1.00. The number of rotatable bonds is 40. The molecule has 17 heteroatoms. The quantitative estimate of drug-likeness (QED) is 0.0537. The van der Waals surface area contributed by atoms with Gasteiger partial charge in [-0.1, -0.05) is 397 Å². The number of hydrogen-bond acceptors (Lipinski definition) is 0. The van der Waals surface area contributed by atoms with Crippen LogP contribution in [-0.4, -0.2) is 116 Å². The maximum atomic E-state index is 3.36. The molecule has 560 valence electrons. The normalized spacial score (nSPS) is 30.9. The van der Waals surface area contributed by atoms with Crippen LogP contribution >= 0.6 is 0 Å². The summed E-state index contributed by atoms with van der Waals surface area (Å²) in [5, 5.41) is 0. The van der Waals surface area contributed by atoms with Crippen LogP contribution < -0.4 is 0 Å². The summed E-state index contributed by atoms with van der Waals surface area (Å²) >= 11 is 0. The van der Waals surface area contributed by atoms with Gasteiger partial charge in [0, 0.05) is 116 Å². The van der Waals surface area contributed by atoms with Crippen LogP contribution in [-0.2, 0) is 0 Å². The molecule has 9 aliphatic rings. The van der Waals surface area contributed by atoms with Crippen LogP contribution in [0.4, 0.5) is 0 Å². The van der Waals surface area contributed by atoms with Crippen molar-refractivity contribution >= 4 is 116 Å². The summed E-state index contributed by atoms with van der Waals surface area (Å²) < 4.78 is 0. The molecule has 9 rings (SSSR count). The molecule has 0 aliphatic carbocycles. The standard InChI is InChI=1S/C78H180Si17/c1-61(2)43-81(44-62(3)4)90(79(37,38)39)82(45-63(5)6,46-64(7)8)92(81,83(90,47-65(9)10)48-66(11)12)94-87(55-73(25)26,56-74(27)28)95(88(94,57-75(29)30)58-76(31)32,89(94,59-77(33)34)60-78(35)36)93-84(49-67(13)14,50-68(15)16)91(80(40,41)42,85(93,51-69(17)18)52-70(19)20)86(93,53-71(21)22)54-72(23)24/h61-78H,43-60H2,1-42H3. The van der Waals surface area contributed by atoms with Gasteiger partial charge in [0.15, 0.2) is 0 Å². The zero-order valence-electron chi connectivity index (χ0n) is 73.6. The van der Waals surface area contributed by atoms with E-state index in [2.05, 4.69) is 289 Å². The van der Waals surface area contributed by atoms with Gasteiger partial charge in [0.25, 0.3) is 0 Å². The lowest BCUT2D eigenvalue weighted by Crippen LogP contribution is -3.55. The summed E-state index contributed by atoms with van der Waals surface area (Å²) in [6, 6.07) is 35.1. The summed E-state index contributed by atoms with van der Waals surface area (Å²) in [6.07, 6.45) is -12.5. The molecule has 9 saturated heterocycles. The Bertz CT molecular complexity index is 2090. The molecule has 0 saturated carbocycles. The Morgan fingerprint density at radius 2 is 0.211 bits per heavy atom. The largest absolute Gasteiger partial charge is 0.0721 e. The van der Waals surface area contributed by atoms with Crippen molar-refractivity contribution in [2.75, 3.05) is 0 Å². The van der Waals surface area contributed by atoms with E-state index in [-0.39, 0.29) is 0 Å². The van der Waals surface area contributed by atoms with Crippen molar-refractivity contribution in [2.24, 2.45) is 107 Å². The van der Waals surface area contributed by atoms with Crippen molar-refractivity contribution in [3.05, 3.63) is 0 Å². The lowest BCUT2D eigenvalue weighted by Gasteiger charge is -3.21. The van der Waals surface area contributed by atoms with Gasteiger partial charge in [-0.25, -0.2) is 0 Å². The third-order valence-electron chi connectivity index (χ3n) is 29.9. The Kier molecular flexibility index (Phi) is 26.7. The summed E-state index contributed by atoms with van der Waals surface area (Å²) in [7, 11) is -21.7. The molecule has 9 aliphatic heterocycles. The first kappa shape index (κ1) is 87.6. The Morgan fingerprint density at radius 1 is 0.137 bits per heavy atom. The third kappa shape index (κ3) is 10.5. The minimum atomic E-state index is -2.23. The summed E-state index contributed by atoms with van der Waals surface area (Å²) in [4.78, 5) is 0. The highest BCUT2D eigenvalue weighted by molar-refractivity contribution is 8.83. The lowest BCUT2D eigenvalue weighted by atomic mass is 10.3. The minimum absolute atomic E-state index is 0.920. The van der Waals surface area contributed by atoms with Gasteiger partial charge >= 0.3 is 0 Å². The van der Waals surface area contributed by atoms with Crippen LogP contribution in [0, 0.1) is 107 Å². The second-order valence-corrected chi connectivity index (χ2v) is 275. The first-order valence-electron chi connectivity index (χ1n) is 43.0. The molecule has 6 bridgehead atoms. The molecule has 0 spiro atoms. The lowest BCUT2D eigenvalue weighted by molar-refractivity contribution is 0.669. The molecule has 0 aromatic carbocycles. The van der Waals surface area contributed by atoms with Crippen LogP contribution in [0.1, 0.15) is 249 Å². The van der Waals surface area contributed by atoms with Gasteiger partial charge in [0.2, 0.25) is 0 Å². The van der Waals surface area contributed by atoms with Gasteiger partial charge in [-0.15, -0.1) is 0 Å². The Balaban J connectivity index is 2.45. The molecule has 0 unspecified atom stereocenters. The van der Waals surface area contributed by atoms with E-state index in [0.29, 0.717) is 0 Å². The Labute approximate surface area is 614 Å². The highest BCUT2D eigenvalue weighted by Gasteiger charge is 3.28. The zero-order chi connectivity index (χ0) is 73.6. The van der Waals surface area contributed by atoms with E-state index >= 15 is 0 Å². The second-order valence-electron chi connectivity index (χ2n) is 47.5. The predicted molar refractivity (Wildman–Crippen MR) is 487 cm³/mol. The molecular formula is C78H180Si17. The fourth-order valence-electron chi connectivity index (χ4n) is 37.6. The molecule has 0 aromatic rings. The SMILES string of the molecule is CC(C)C[Si]1(CC(C)C)[Si]2([Si](C)(C)C)[Si](CC(C)C)(CC(C)C)[Si]1([Si]13[Si](CC(C)C)(CC(C)C)[Si]([Si]45[Si](CC(C)C)(CC(C)C)[Si]([Si](C)(C)C)([Si]4(CC(C)C)CC(C)C)[Si]5(CC(C)C)CC(C)C)([Si]1(CC(C)C)CC(C)C)[Si]3(CC(C)C)CC(C)C)[Si]2(CC(C)C)CC(C)C. The molecule has 0 aromatic heterocycles. The molecule has 9 heterocycles. The minimum Gasteiger partial charge on any atom is -0.0721 e. The van der Waals surface area contributed by atoms with Crippen molar-refractivity contribution < 1.29 is 0 Å². The average Bonchev–Trinajstić information content (AvgIpc) is 0.517. The molecule has 0 atom stereocenters. The van der Waals surface area contributed by atoms with E-state index in [1.807, 2.05) is 109 Å². The maximum absolute atomic E-state index is 3.36. The van der Waals surface area contributed by atoms with Crippen molar-refractivity contribution in [3.63, 3.8) is 0 Å². The first-order chi connectivity index (χ1) is 43.0. The van der Waals surface area contributed by atoms with Gasteiger partial charge in [-0.05, 0) is 107 Å². The Morgan fingerprint density at radius 3 is 0.284 bits per heavy atom. The second kappa shape index (κ2) is 28.9. The predicted octanol–water partition coefficient (Wildman–Crippen LogP) is 26.0.